The van der Waals surface area contributed by atoms with Crippen molar-refractivity contribution < 1.29 is 0 Å². The van der Waals surface area contributed by atoms with E-state index in [4.69, 9.17) is 0 Å². The molecular formula is C13H17N2. The number of piperidine rings is 1. The van der Waals surface area contributed by atoms with E-state index in [0.717, 1.165) is 6.54 Å². The topological polar surface area (TPSA) is 17.3 Å². The molecule has 1 radical (unpaired) electrons. The highest BCUT2D eigenvalue weighted by Crippen LogP contribution is 2.37. The van der Waals surface area contributed by atoms with E-state index in [2.05, 4.69) is 40.8 Å². The van der Waals surface area contributed by atoms with Gasteiger partial charge in [-0.05, 0) is 30.2 Å². The maximum atomic E-state index is 4.60. The summed E-state index contributed by atoms with van der Waals surface area (Å²) in [5.41, 5.74) is 6.56. The van der Waals surface area contributed by atoms with E-state index in [1.807, 2.05) is 0 Å². The average Bonchev–Trinajstić information content (AvgIpc) is 2.32. The number of hydrogen-bond acceptors (Lipinski definition) is 1. The second-order valence-electron chi connectivity index (χ2n) is 4.92. The summed E-state index contributed by atoms with van der Waals surface area (Å²) < 4.78 is 0. The van der Waals surface area contributed by atoms with Crippen LogP contribution in [-0.2, 0) is 6.42 Å². The molecule has 1 aromatic rings. The molecule has 3 saturated heterocycles. The summed E-state index contributed by atoms with van der Waals surface area (Å²) in [7, 11) is 0. The smallest absolute Gasteiger partial charge is 0.0367 e. The highest BCUT2D eigenvalue weighted by molar-refractivity contribution is 5.17. The lowest BCUT2D eigenvalue weighted by Gasteiger charge is -2.47. The standard InChI is InChI=1S/C13H17N2/c1-2-4-12(5-3-1)10-13-6-8-15(9-7-13)14-11-13/h1-5H,6-11H2. The molecule has 0 saturated carbocycles. The number of fused-ring (bicyclic) bond motifs is 3. The minimum Gasteiger partial charge on any atom is -0.227 e. The number of benzene rings is 1. The first-order valence-corrected chi connectivity index (χ1v) is 5.83. The van der Waals surface area contributed by atoms with Gasteiger partial charge in [0.2, 0.25) is 0 Å². The molecule has 2 nitrogen and oxygen atoms in total. The maximum absolute atomic E-state index is 4.60. The Bertz CT molecular complexity index is 312. The van der Waals surface area contributed by atoms with Gasteiger partial charge in [-0.1, -0.05) is 30.3 Å². The molecule has 4 rings (SSSR count). The number of rotatable bonds is 2. The summed E-state index contributed by atoms with van der Waals surface area (Å²) >= 11 is 0. The predicted molar refractivity (Wildman–Crippen MR) is 60.4 cm³/mol. The first kappa shape index (κ1) is 9.37. The van der Waals surface area contributed by atoms with Crippen LogP contribution in [0.15, 0.2) is 30.3 Å². The summed E-state index contributed by atoms with van der Waals surface area (Å²) in [4.78, 5) is 0. The zero-order valence-corrected chi connectivity index (χ0v) is 9.02. The largest absolute Gasteiger partial charge is 0.227 e. The summed E-state index contributed by atoms with van der Waals surface area (Å²) in [5.74, 6) is 0. The Morgan fingerprint density at radius 3 is 2.47 bits per heavy atom. The van der Waals surface area contributed by atoms with Crippen molar-refractivity contribution in [2.24, 2.45) is 5.41 Å². The van der Waals surface area contributed by atoms with Crippen molar-refractivity contribution in [3.05, 3.63) is 35.9 Å². The summed E-state index contributed by atoms with van der Waals surface area (Å²) in [6.45, 7) is 3.39. The van der Waals surface area contributed by atoms with Crippen LogP contribution in [0.4, 0.5) is 0 Å². The first-order chi connectivity index (χ1) is 7.36. The van der Waals surface area contributed by atoms with E-state index in [1.165, 1.54) is 37.9 Å². The molecule has 0 N–H and O–H groups in total. The molecule has 3 aliphatic rings. The van der Waals surface area contributed by atoms with Crippen LogP contribution in [0.25, 0.3) is 0 Å². The average molecular weight is 201 g/mol. The van der Waals surface area contributed by atoms with Gasteiger partial charge in [-0.2, -0.15) is 5.43 Å². The van der Waals surface area contributed by atoms with Crippen molar-refractivity contribution in [1.82, 2.24) is 10.4 Å². The first-order valence-electron chi connectivity index (χ1n) is 5.83. The van der Waals surface area contributed by atoms with Gasteiger partial charge in [-0.15, -0.1) is 0 Å². The highest BCUT2D eigenvalue weighted by atomic mass is 15.5. The Hall–Kier alpha value is -0.860. The molecular weight excluding hydrogens is 184 g/mol. The van der Waals surface area contributed by atoms with Crippen LogP contribution in [0.2, 0.25) is 0 Å². The van der Waals surface area contributed by atoms with Crippen LogP contribution in [0.1, 0.15) is 18.4 Å². The van der Waals surface area contributed by atoms with Crippen LogP contribution < -0.4 is 5.43 Å². The van der Waals surface area contributed by atoms with E-state index in [0.29, 0.717) is 5.41 Å². The fourth-order valence-corrected chi connectivity index (χ4v) is 2.78. The third-order valence-electron chi connectivity index (χ3n) is 3.83. The molecule has 1 aromatic carbocycles. The Balaban J connectivity index is 1.76. The fourth-order valence-electron chi connectivity index (χ4n) is 2.78. The van der Waals surface area contributed by atoms with Crippen molar-refractivity contribution >= 4 is 0 Å². The lowest BCUT2D eigenvalue weighted by molar-refractivity contribution is -0.0157. The molecule has 15 heavy (non-hydrogen) atoms. The molecule has 0 aromatic heterocycles. The molecule has 3 heterocycles. The highest BCUT2D eigenvalue weighted by Gasteiger charge is 2.39. The van der Waals surface area contributed by atoms with Gasteiger partial charge in [0.1, 0.15) is 0 Å². The Labute approximate surface area is 91.3 Å². The fraction of sp³-hybridized carbons (Fsp3) is 0.538. The molecule has 2 bridgehead atoms. The molecule has 3 fully saturated rings. The second kappa shape index (κ2) is 3.62. The van der Waals surface area contributed by atoms with Gasteiger partial charge in [-0.3, -0.25) is 0 Å². The molecule has 2 heteroatoms. The summed E-state index contributed by atoms with van der Waals surface area (Å²) in [6, 6.07) is 10.9. The van der Waals surface area contributed by atoms with Gasteiger partial charge < -0.3 is 0 Å². The lowest BCUT2D eigenvalue weighted by Crippen LogP contribution is -2.55. The summed E-state index contributed by atoms with van der Waals surface area (Å²) in [6.07, 6.45) is 3.86. The van der Waals surface area contributed by atoms with Crippen molar-refractivity contribution in [3.63, 3.8) is 0 Å². The van der Waals surface area contributed by atoms with Crippen LogP contribution in [-0.4, -0.2) is 24.6 Å². The number of nitrogens with zero attached hydrogens (tertiary/aromatic N) is 2. The Kier molecular flexibility index (Phi) is 2.26. The van der Waals surface area contributed by atoms with Crippen LogP contribution in [0.3, 0.4) is 0 Å². The third kappa shape index (κ3) is 1.80. The normalized spacial score (nSPS) is 34.3. The molecule has 0 spiro atoms. The van der Waals surface area contributed by atoms with E-state index in [9.17, 15) is 0 Å². The number of hydrogen-bond donors (Lipinski definition) is 0. The van der Waals surface area contributed by atoms with Crippen LogP contribution >= 0.6 is 0 Å². The van der Waals surface area contributed by atoms with Gasteiger partial charge in [0.25, 0.3) is 0 Å². The second-order valence-corrected chi connectivity index (χ2v) is 4.92. The molecule has 0 aliphatic carbocycles. The van der Waals surface area contributed by atoms with Crippen LogP contribution in [0.5, 0.6) is 0 Å². The maximum Gasteiger partial charge on any atom is 0.0367 e. The van der Waals surface area contributed by atoms with Gasteiger partial charge in [0, 0.05) is 19.6 Å². The SMILES string of the molecule is c1ccc(CC23CCN(CC2)[N]C3)cc1. The lowest BCUT2D eigenvalue weighted by atomic mass is 9.72. The van der Waals surface area contributed by atoms with E-state index < -0.39 is 0 Å². The van der Waals surface area contributed by atoms with Gasteiger partial charge in [0.05, 0.1) is 0 Å². The van der Waals surface area contributed by atoms with Gasteiger partial charge >= 0.3 is 0 Å². The monoisotopic (exact) mass is 201 g/mol. The van der Waals surface area contributed by atoms with Gasteiger partial charge in [0.15, 0.2) is 0 Å². The molecule has 79 valence electrons. The molecule has 3 aliphatic heterocycles. The molecule has 0 amide bonds. The van der Waals surface area contributed by atoms with E-state index in [1.54, 1.807) is 0 Å². The zero-order chi connectivity index (χ0) is 10.1. The van der Waals surface area contributed by atoms with E-state index in [-0.39, 0.29) is 0 Å². The Morgan fingerprint density at radius 1 is 1.13 bits per heavy atom. The van der Waals surface area contributed by atoms with E-state index >= 15 is 0 Å². The minimum absolute atomic E-state index is 0.482. The molecule has 0 unspecified atom stereocenters. The summed E-state index contributed by atoms with van der Waals surface area (Å²) in [5, 5.41) is 2.24. The Morgan fingerprint density at radius 2 is 1.87 bits per heavy atom. The van der Waals surface area contributed by atoms with Gasteiger partial charge in [-0.25, -0.2) is 5.01 Å². The quantitative estimate of drug-likeness (QED) is 0.713. The minimum atomic E-state index is 0.482. The van der Waals surface area contributed by atoms with Crippen molar-refractivity contribution in [2.45, 2.75) is 19.3 Å². The molecule has 0 atom stereocenters. The van der Waals surface area contributed by atoms with Crippen molar-refractivity contribution in [1.29, 1.82) is 0 Å². The van der Waals surface area contributed by atoms with Crippen molar-refractivity contribution in [3.8, 4) is 0 Å². The predicted octanol–water partition coefficient (Wildman–Crippen LogP) is 1.84. The zero-order valence-electron chi connectivity index (χ0n) is 9.02. The third-order valence-corrected chi connectivity index (χ3v) is 3.83. The van der Waals surface area contributed by atoms with Crippen LogP contribution in [0, 0.1) is 5.41 Å². The van der Waals surface area contributed by atoms with Crippen molar-refractivity contribution in [2.75, 3.05) is 19.6 Å².